The summed E-state index contributed by atoms with van der Waals surface area (Å²) in [4.78, 5) is 11.5. The molecule has 0 fully saturated rings. The van der Waals surface area contributed by atoms with Crippen LogP contribution >= 0.6 is 0 Å². The van der Waals surface area contributed by atoms with Gasteiger partial charge in [-0.2, -0.15) is 0 Å². The lowest BCUT2D eigenvalue weighted by molar-refractivity contribution is 0.0754. The molecule has 0 amide bonds. The molecule has 0 spiro atoms. The van der Waals surface area contributed by atoms with Crippen molar-refractivity contribution in [1.82, 2.24) is 0 Å². The maximum atomic E-state index is 12.8. The summed E-state index contributed by atoms with van der Waals surface area (Å²) in [6.45, 7) is 2.43. The van der Waals surface area contributed by atoms with Gasteiger partial charge in [-0.1, -0.05) is 13.3 Å². The third-order valence-corrected chi connectivity index (χ3v) is 2.12. The van der Waals surface area contributed by atoms with Crippen molar-refractivity contribution in [3.8, 4) is 0 Å². The highest BCUT2D eigenvalue weighted by Crippen LogP contribution is 2.09. The smallest absolute Gasteiger partial charge is 0.188 e. The van der Waals surface area contributed by atoms with Crippen molar-refractivity contribution in [2.45, 2.75) is 19.8 Å². The third-order valence-electron chi connectivity index (χ3n) is 2.12. The Kier molecular flexibility index (Phi) is 5.05. The lowest BCUT2D eigenvalue weighted by atomic mass is 10.1. The first kappa shape index (κ1) is 12.8. The van der Waals surface area contributed by atoms with Gasteiger partial charge in [-0.3, -0.25) is 4.79 Å². The highest BCUT2D eigenvalue weighted by molar-refractivity contribution is 5.97. The second-order valence-corrected chi connectivity index (χ2v) is 3.46. The van der Waals surface area contributed by atoms with Gasteiger partial charge in [0.15, 0.2) is 17.4 Å². The van der Waals surface area contributed by atoms with E-state index in [1.54, 1.807) is 0 Å². The fourth-order valence-electron chi connectivity index (χ4n) is 1.16. The van der Waals surface area contributed by atoms with E-state index in [4.69, 9.17) is 4.74 Å². The summed E-state index contributed by atoms with van der Waals surface area (Å²) >= 11 is 0. The molecule has 1 rings (SSSR count). The Morgan fingerprint density at radius 3 is 2.69 bits per heavy atom. The van der Waals surface area contributed by atoms with E-state index >= 15 is 0 Å². The molecule has 1 aromatic rings. The largest absolute Gasteiger partial charge is 0.373 e. The molecule has 4 heteroatoms. The van der Waals surface area contributed by atoms with E-state index in [0.717, 1.165) is 25.0 Å². The summed E-state index contributed by atoms with van der Waals surface area (Å²) in [5.74, 6) is -2.31. The number of carbonyl (C=O) groups is 1. The predicted octanol–water partition coefficient (Wildman–Crippen LogP) is 2.96. The van der Waals surface area contributed by atoms with E-state index in [1.807, 2.05) is 6.92 Å². The summed E-state index contributed by atoms with van der Waals surface area (Å²) in [6.07, 6.45) is 1.87. The molecule has 0 unspecified atom stereocenters. The van der Waals surface area contributed by atoms with Gasteiger partial charge >= 0.3 is 0 Å². The van der Waals surface area contributed by atoms with Crippen molar-refractivity contribution in [2.24, 2.45) is 0 Å². The first-order chi connectivity index (χ1) is 7.65. The molecule has 0 saturated carbocycles. The van der Waals surface area contributed by atoms with Crippen molar-refractivity contribution in [3.63, 3.8) is 0 Å². The van der Waals surface area contributed by atoms with Gasteiger partial charge in [0.1, 0.15) is 6.61 Å². The van der Waals surface area contributed by atoms with Gasteiger partial charge in [0, 0.05) is 12.2 Å². The fourth-order valence-corrected chi connectivity index (χ4v) is 1.16. The average molecular weight is 228 g/mol. The Bertz CT molecular complexity index is 364. The molecule has 0 heterocycles. The highest BCUT2D eigenvalue weighted by Gasteiger charge is 2.09. The zero-order chi connectivity index (χ0) is 12.0. The summed E-state index contributed by atoms with van der Waals surface area (Å²) in [7, 11) is 0. The van der Waals surface area contributed by atoms with Gasteiger partial charge in [0.25, 0.3) is 0 Å². The first-order valence-corrected chi connectivity index (χ1v) is 5.21. The van der Waals surface area contributed by atoms with E-state index in [-0.39, 0.29) is 18.0 Å². The number of Topliss-reactive ketones (excluding diaryl/α,β-unsaturated/α-hetero) is 1. The van der Waals surface area contributed by atoms with E-state index in [2.05, 4.69) is 0 Å². The number of halogens is 2. The molecule has 0 aliphatic heterocycles. The molecule has 0 aliphatic rings. The predicted molar refractivity (Wildman–Crippen MR) is 56.4 cm³/mol. The van der Waals surface area contributed by atoms with E-state index in [1.165, 1.54) is 6.07 Å². The van der Waals surface area contributed by atoms with E-state index < -0.39 is 11.6 Å². The number of carbonyl (C=O) groups excluding carboxylic acids is 1. The second kappa shape index (κ2) is 6.33. The van der Waals surface area contributed by atoms with Crippen LogP contribution in [0.4, 0.5) is 8.78 Å². The Morgan fingerprint density at radius 1 is 1.31 bits per heavy atom. The van der Waals surface area contributed by atoms with Gasteiger partial charge in [-0.25, -0.2) is 8.78 Å². The van der Waals surface area contributed by atoms with Gasteiger partial charge < -0.3 is 4.74 Å². The number of hydrogen-bond acceptors (Lipinski definition) is 2. The number of ketones is 1. The zero-order valence-corrected chi connectivity index (χ0v) is 9.13. The Balaban J connectivity index is 2.50. The van der Waals surface area contributed by atoms with Crippen LogP contribution in [0, 0.1) is 11.6 Å². The summed E-state index contributed by atoms with van der Waals surface area (Å²) in [5.41, 5.74) is 0.135. The summed E-state index contributed by atoms with van der Waals surface area (Å²) in [6, 6.07) is 3.08. The summed E-state index contributed by atoms with van der Waals surface area (Å²) in [5, 5.41) is 0. The molecule has 0 atom stereocenters. The number of ether oxygens (including phenoxy) is 1. The topological polar surface area (TPSA) is 26.3 Å². The maximum Gasteiger partial charge on any atom is 0.188 e. The van der Waals surface area contributed by atoms with Crippen LogP contribution in [-0.4, -0.2) is 19.0 Å². The standard InChI is InChI=1S/C12H14F2O2/c1-2-3-6-16-8-12(15)9-4-5-10(13)11(14)7-9/h4-5,7H,2-3,6,8H2,1H3. The average Bonchev–Trinajstić information content (AvgIpc) is 2.28. The monoisotopic (exact) mass is 228 g/mol. The molecule has 16 heavy (non-hydrogen) atoms. The molecule has 0 bridgehead atoms. The highest BCUT2D eigenvalue weighted by atomic mass is 19.2. The van der Waals surface area contributed by atoms with Gasteiger partial charge in [-0.05, 0) is 24.6 Å². The van der Waals surface area contributed by atoms with E-state index in [0.29, 0.717) is 6.61 Å². The Labute approximate surface area is 93.2 Å². The molecular formula is C12H14F2O2. The minimum atomic E-state index is -1.01. The van der Waals surface area contributed by atoms with Crippen LogP contribution < -0.4 is 0 Å². The zero-order valence-electron chi connectivity index (χ0n) is 9.13. The van der Waals surface area contributed by atoms with Crippen LogP contribution in [0.1, 0.15) is 30.1 Å². The Hall–Kier alpha value is -1.29. The SMILES string of the molecule is CCCCOCC(=O)c1ccc(F)c(F)c1. The molecule has 0 N–H and O–H groups in total. The van der Waals surface area contributed by atoms with Crippen LogP contribution in [0.5, 0.6) is 0 Å². The van der Waals surface area contributed by atoms with Crippen molar-refractivity contribution >= 4 is 5.78 Å². The van der Waals surface area contributed by atoms with E-state index in [9.17, 15) is 13.6 Å². The lowest BCUT2D eigenvalue weighted by Gasteiger charge is -2.03. The molecule has 2 nitrogen and oxygen atoms in total. The van der Waals surface area contributed by atoms with Crippen LogP contribution in [0.3, 0.4) is 0 Å². The van der Waals surface area contributed by atoms with Gasteiger partial charge in [-0.15, -0.1) is 0 Å². The summed E-state index contributed by atoms with van der Waals surface area (Å²) < 4.78 is 30.5. The van der Waals surface area contributed by atoms with Crippen LogP contribution in [-0.2, 0) is 4.74 Å². The number of benzene rings is 1. The van der Waals surface area contributed by atoms with Crippen LogP contribution in [0.25, 0.3) is 0 Å². The second-order valence-electron chi connectivity index (χ2n) is 3.46. The lowest BCUT2D eigenvalue weighted by Crippen LogP contribution is -2.10. The maximum absolute atomic E-state index is 12.8. The number of hydrogen-bond donors (Lipinski definition) is 0. The normalized spacial score (nSPS) is 10.4. The fraction of sp³-hybridized carbons (Fsp3) is 0.417. The quantitative estimate of drug-likeness (QED) is 0.552. The van der Waals surface area contributed by atoms with Crippen LogP contribution in [0.15, 0.2) is 18.2 Å². The van der Waals surface area contributed by atoms with Crippen molar-refractivity contribution in [1.29, 1.82) is 0 Å². The van der Waals surface area contributed by atoms with Gasteiger partial charge in [0.05, 0.1) is 0 Å². The minimum Gasteiger partial charge on any atom is -0.373 e. The number of rotatable bonds is 6. The molecule has 0 aliphatic carbocycles. The van der Waals surface area contributed by atoms with Crippen molar-refractivity contribution in [3.05, 3.63) is 35.4 Å². The van der Waals surface area contributed by atoms with Gasteiger partial charge in [0.2, 0.25) is 0 Å². The minimum absolute atomic E-state index is 0.0922. The third kappa shape index (κ3) is 3.70. The molecule has 88 valence electrons. The molecular weight excluding hydrogens is 214 g/mol. The molecule has 0 radical (unpaired) electrons. The Morgan fingerprint density at radius 2 is 2.06 bits per heavy atom. The van der Waals surface area contributed by atoms with Crippen molar-refractivity contribution < 1.29 is 18.3 Å². The molecule has 1 aromatic carbocycles. The van der Waals surface area contributed by atoms with Crippen LogP contribution in [0.2, 0.25) is 0 Å². The first-order valence-electron chi connectivity index (χ1n) is 5.21. The van der Waals surface area contributed by atoms with Crippen molar-refractivity contribution in [2.75, 3.05) is 13.2 Å². The molecule has 0 aromatic heterocycles. The molecule has 0 saturated heterocycles. The number of unbranched alkanes of at least 4 members (excludes halogenated alkanes) is 1.